The number of nitrogens with zero attached hydrogens (tertiary/aromatic N) is 4. The van der Waals surface area contributed by atoms with Crippen LogP contribution in [0.25, 0.3) is 10.9 Å². The lowest BCUT2D eigenvalue weighted by Gasteiger charge is -2.05. The van der Waals surface area contributed by atoms with Crippen LogP contribution in [0.1, 0.15) is 22.8 Å². The molecule has 0 radical (unpaired) electrons. The van der Waals surface area contributed by atoms with Gasteiger partial charge in [0.15, 0.2) is 0 Å². The number of benzene rings is 2. The highest BCUT2D eigenvalue weighted by molar-refractivity contribution is 6.11. The Labute approximate surface area is 143 Å². The second-order valence-corrected chi connectivity index (χ2v) is 5.25. The van der Waals surface area contributed by atoms with E-state index in [1.807, 2.05) is 24.3 Å². The predicted octanol–water partition coefficient (Wildman–Crippen LogP) is 2.78. The number of carboxylic acids is 1. The van der Waals surface area contributed by atoms with Gasteiger partial charge in [-0.3, -0.25) is 0 Å². The monoisotopic (exact) mass is 333 g/mol. The standard InChI is InChI=1S/C18H15N5O2/c1-11(13-7-3-4-8-14(13)16(24)25)21-17(19)23-18-20-10-12-6-2-5-9-15(12)22-18/h2-10H,1H3,(H,24,25)(H2,19,20,22,23)/b21-11+. The van der Waals surface area contributed by atoms with Crippen molar-refractivity contribution in [2.24, 2.45) is 15.7 Å². The smallest absolute Gasteiger partial charge is 0.336 e. The maximum atomic E-state index is 11.3. The molecule has 0 atom stereocenters. The van der Waals surface area contributed by atoms with Crippen molar-refractivity contribution in [3.63, 3.8) is 0 Å². The number of hydrogen-bond acceptors (Lipinski definition) is 4. The minimum absolute atomic E-state index is 0.0482. The van der Waals surface area contributed by atoms with Crippen LogP contribution in [0.3, 0.4) is 0 Å². The molecule has 0 amide bonds. The molecule has 0 aliphatic rings. The Bertz CT molecular complexity index is 1010. The molecule has 7 nitrogen and oxygen atoms in total. The lowest BCUT2D eigenvalue weighted by atomic mass is 10.0. The van der Waals surface area contributed by atoms with E-state index in [-0.39, 0.29) is 17.5 Å². The molecule has 124 valence electrons. The van der Waals surface area contributed by atoms with E-state index >= 15 is 0 Å². The Kier molecular flexibility index (Phi) is 4.47. The van der Waals surface area contributed by atoms with Gasteiger partial charge in [0.2, 0.25) is 5.96 Å². The molecule has 2 aromatic carbocycles. The molecule has 3 rings (SSSR count). The first-order valence-electron chi connectivity index (χ1n) is 7.48. The average molecular weight is 333 g/mol. The molecule has 0 saturated carbocycles. The molecule has 0 spiro atoms. The number of nitrogens with two attached hydrogens (primary N) is 1. The van der Waals surface area contributed by atoms with Crippen molar-refractivity contribution in [1.29, 1.82) is 0 Å². The third-order valence-corrected chi connectivity index (χ3v) is 3.52. The number of fused-ring (bicyclic) bond motifs is 1. The largest absolute Gasteiger partial charge is 0.478 e. The number of aromatic carboxylic acids is 1. The predicted molar refractivity (Wildman–Crippen MR) is 96.4 cm³/mol. The van der Waals surface area contributed by atoms with Crippen LogP contribution in [0.2, 0.25) is 0 Å². The fourth-order valence-corrected chi connectivity index (χ4v) is 2.36. The molecule has 0 bridgehead atoms. The Hall–Kier alpha value is -3.61. The molecular formula is C18H15N5O2. The summed E-state index contributed by atoms with van der Waals surface area (Å²) in [5, 5.41) is 10.1. The van der Waals surface area contributed by atoms with Crippen molar-refractivity contribution in [2.75, 3.05) is 0 Å². The molecule has 1 heterocycles. The van der Waals surface area contributed by atoms with Gasteiger partial charge in [-0.2, -0.15) is 4.99 Å². The Morgan fingerprint density at radius 1 is 1.08 bits per heavy atom. The van der Waals surface area contributed by atoms with Crippen LogP contribution in [0.4, 0.5) is 5.95 Å². The molecule has 3 N–H and O–H groups in total. The molecule has 1 aromatic heterocycles. The van der Waals surface area contributed by atoms with E-state index < -0.39 is 5.97 Å². The third-order valence-electron chi connectivity index (χ3n) is 3.52. The summed E-state index contributed by atoms with van der Waals surface area (Å²) >= 11 is 0. The number of aromatic nitrogens is 2. The molecule has 0 saturated heterocycles. The third kappa shape index (κ3) is 3.66. The van der Waals surface area contributed by atoms with E-state index in [0.29, 0.717) is 11.3 Å². The molecule has 0 aliphatic heterocycles. The maximum absolute atomic E-state index is 11.3. The summed E-state index contributed by atoms with van der Waals surface area (Å²) in [6.07, 6.45) is 1.66. The minimum atomic E-state index is -1.03. The SMILES string of the molecule is C/C(=N\C(N)=N\c1ncc2ccccc2n1)c1ccccc1C(=O)O. The fraction of sp³-hybridized carbons (Fsp3) is 0.0556. The van der Waals surface area contributed by atoms with Gasteiger partial charge in [-0.1, -0.05) is 36.4 Å². The van der Waals surface area contributed by atoms with Crippen molar-refractivity contribution in [2.45, 2.75) is 6.92 Å². The van der Waals surface area contributed by atoms with E-state index in [1.54, 1.807) is 31.3 Å². The number of guanidine groups is 1. The van der Waals surface area contributed by atoms with Crippen LogP contribution < -0.4 is 5.73 Å². The van der Waals surface area contributed by atoms with Crippen LogP contribution >= 0.6 is 0 Å². The number of hydrogen-bond donors (Lipinski definition) is 2. The van der Waals surface area contributed by atoms with E-state index in [1.165, 1.54) is 6.07 Å². The van der Waals surface area contributed by atoms with E-state index in [0.717, 1.165) is 10.9 Å². The van der Waals surface area contributed by atoms with Crippen molar-refractivity contribution in [3.05, 3.63) is 65.9 Å². The summed E-state index contributed by atoms with van der Waals surface area (Å²) in [6, 6.07) is 14.1. The Morgan fingerprint density at radius 3 is 2.52 bits per heavy atom. The zero-order chi connectivity index (χ0) is 17.8. The minimum Gasteiger partial charge on any atom is -0.478 e. The van der Waals surface area contributed by atoms with E-state index in [9.17, 15) is 9.90 Å². The fourth-order valence-electron chi connectivity index (χ4n) is 2.36. The second kappa shape index (κ2) is 6.88. The van der Waals surface area contributed by atoms with Gasteiger partial charge in [0.1, 0.15) is 0 Å². The van der Waals surface area contributed by atoms with Crippen LogP contribution in [0.15, 0.2) is 64.7 Å². The highest BCUT2D eigenvalue weighted by Crippen LogP contribution is 2.14. The highest BCUT2D eigenvalue weighted by Gasteiger charge is 2.11. The van der Waals surface area contributed by atoms with Gasteiger partial charge in [-0.15, -0.1) is 0 Å². The lowest BCUT2D eigenvalue weighted by molar-refractivity contribution is 0.0696. The van der Waals surface area contributed by atoms with Gasteiger partial charge >= 0.3 is 5.97 Å². The molecule has 25 heavy (non-hydrogen) atoms. The Morgan fingerprint density at radius 2 is 1.76 bits per heavy atom. The molecule has 0 unspecified atom stereocenters. The van der Waals surface area contributed by atoms with Crippen molar-refractivity contribution < 1.29 is 9.90 Å². The number of para-hydroxylation sites is 1. The topological polar surface area (TPSA) is 114 Å². The van der Waals surface area contributed by atoms with Crippen molar-refractivity contribution in [3.8, 4) is 0 Å². The maximum Gasteiger partial charge on any atom is 0.336 e. The zero-order valence-electron chi connectivity index (χ0n) is 13.4. The average Bonchev–Trinajstić information content (AvgIpc) is 2.61. The van der Waals surface area contributed by atoms with E-state index in [2.05, 4.69) is 20.0 Å². The van der Waals surface area contributed by atoms with Gasteiger partial charge in [-0.05, 0) is 19.1 Å². The molecule has 0 fully saturated rings. The number of carbonyl (C=O) groups is 1. The number of carboxylic acid groups (broad SMARTS) is 1. The van der Waals surface area contributed by atoms with Gasteiger partial charge in [-0.25, -0.2) is 19.8 Å². The number of aliphatic imine (C=N–C) groups is 2. The summed E-state index contributed by atoms with van der Waals surface area (Å²) in [6.45, 7) is 1.67. The summed E-state index contributed by atoms with van der Waals surface area (Å²) in [5.74, 6) is -0.884. The first-order valence-corrected chi connectivity index (χ1v) is 7.48. The zero-order valence-corrected chi connectivity index (χ0v) is 13.4. The van der Waals surface area contributed by atoms with Crippen LogP contribution in [0, 0.1) is 0 Å². The molecule has 7 heteroatoms. The first-order chi connectivity index (χ1) is 12.0. The highest BCUT2D eigenvalue weighted by atomic mass is 16.4. The van der Waals surface area contributed by atoms with Crippen LogP contribution in [-0.2, 0) is 0 Å². The Balaban J connectivity index is 1.94. The van der Waals surface area contributed by atoms with Gasteiger partial charge in [0.05, 0.1) is 11.1 Å². The van der Waals surface area contributed by atoms with E-state index in [4.69, 9.17) is 5.73 Å². The summed E-state index contributed by atoms with van der Waals surface area (Å²) < 4.78 is 0. The first kappa shape index (κ1) is 16.3. The van der Waals surface area contributed by atoms with Gasteiger partial charge < -0.3 is 10.8 Å². The summed E-state index contributed by atoms with van der Waals surface area (Å²) in [4.78, 5) is 28.0. The van der Waals surface area contributed by atoms with Crippen molar-refractivity contribution in [1.82, 2.24) is 9.97 Å². The normalized spacial score (nSPS) is 12.4. The summed E-state index contributed by atoms with van der Waals surface area (Å²) in [7, 11) is 0. The number of rotatable bonds is 3. The van der Waals surface area contributed by atoms with Gasteiger partial charge in [0, 0.05) is 22.9 Å². The molecule has 3 aromatic rings. The van der Waals surface area contributed by atoms with Gasteiger partial charge in [0.25, 0.3) is 5.95 Å². The second-order valence-electron chi connectivity index (χ2n) is 5.25. The quantitative estimate of drug-likeness (QED) is 0.565. The van der Waals surface area contributed by atoms with Crippen molar-refractivity contribution >= 4 is 34.5 Å². The van der Waals surface area contributed by atoms with Crippen LogP contribution in [-0.4, -0.2) is 32.7 Å². The molecule has 0 aliphatic carbocycles. The summed E-state index contributed by atoms with van der Waals surface area (Å²) in [5.41, 5.74) is 7.68. The lowest BCUT2D eigenvalue weighted by Crippen LogP contribution is -2.13. The van der Waals surface area contributed by atoms with Crippen LogP contribution in [0.5, 0.6) is 0 Å². The molecular weight excluding hydrogens is 318 g/mol.